The minimum Gasteiger partial charge on any atom is -0.358 e. The van der Waals surface area contributed by atoms with Crippen molar-refractivity contribution in [2.45, 2.75) is 49.7 Å². The summed E-state index contributed by atoms with van der Waals surface area (Å²) >= 11 is 0. The summed E-state index contributed by atoms with van der Waals surface area (Å²) in [7, 11) is 0. The number of anilines is 3. The second-order valence-electron chi connectivity index (χ2n) is 10.3. The number of aromatic nitrogens is 5. The van der Waals surface area contributed by atoms with Crippen molar-refractivity contribution in [2.75, 3.05) is 23.7 Å². The van der Waals surface area contributed by atoms with Gasteiger partial charge in [0.25, 0.3) is 0 Å². The molecular weight excluding hydrogens is 544 g/mol. The normalized spacial score (nSPS) is 16.9. The van der Waals surface area contributed by atoms with Crippen molar-refractivity contribution in [2.24, 2.45) is 0 Å². The molecule has 214 valence electrons. The number of amides is 1. The minimum atomic E-state index is -4.46. The smallest absolute Gasteiger partial charge is 0.358 e. The molecule has 0 spiro atoms. The molecule has 1 aliphatic carbocycles. The largest absolute Gasteiger partial charge is 0.401 e. The summed E-state index contributed by atoms with van der Waals surface area (Å²) in [6.45, 7) is 1.93. The molecular formula is C27H26F4N8O2. The number of nitrogens with one attached hydrogen (secondary N) is 3. The van der Waals surface area contributed by atoms with Crippen molar-refractivity contribution in [3.05, 3.63) is 66.2 Å². The van der Waals surface area contributed by atoms with Crippen LogP contribution in [0.1, 0.15) is 43.0 Å². The molecule has 41 heavy (non-hydrogen) atoms. The molecule has 0 radical (unpaired) electrons. The van der Waals surface area contributed by atoms with Crippen molar-refractivity contribution < 1.29 is 26.9 Å². The van der Waals surface area contributed by atoms with Crippen LogP contribution in [0.2, 0.25) is 0 Å². The van der Waals surface area contributed by atoms with E-state index in [-0.39, 0.29) is 36.4 Å². The molecule has 4 aromatic rings. The SMILES string of the molecule is O=C(Cc1ccc(-c2cnc(Nc3cnn(C4CCNCC4)c3)nc2)cc1F)Nc1cc(C2(C(F)(F)F)CC2)on1. The number of piperidine rings is 1. The average Bonchev–Trinajstić information content (AvgIpc) is 3.45. The number of benzene rings is 1. The highest BCUT2D eigenvalue weighted by Gasteiger charge is 2.66. The molecule has 2 fully saturated rings. The zero-order valence-electron chi connectivity index (χ0n) is 21.7. The Morgan fingerprint density at radius 3 is 2.54 bits per heavy atom. The van der Waals surface area contributed by atoms with Gasteiger partial charge in [-0.2, -0.15) is 18.3 Å². The lowest BCUT2D eigenvalue weighted by Gasteiger charge is -2.22. The Morgan fingerprint density at radius 2 is 1.85 bits per heavy atom. The fraction of sp³-hybridized carbons (Fsp3) is 0.370. The topological polar surface area (TPSA) is 123 Å². The van der Waals surface area contributed by atoms with E-state index in [1.807, 2.05) is 10.9 Å². The Balaban J connectivity index is 1.06. The van der Waals surface area contributed by atoms with E-state index in [1.54, 1.807) is 24.7 Å². The van der Waals surface area contributed by atoms with Crippen LogP contribution in [0, 0.1) is 5.82 Å². The van der Waals surface area contributed by atoms with E-state index in [2.05, 4.69) is 36.2 Å². The summed E-state index contributed by atoms with van der Waals surface area (Å²) in [6.07, 6.45) is 3.80. The number of rotatable bonds is 8. The predicted molar refractivity (Wildman–Crippen MR) is 140 cm³/mol. The van der Waals surface area contributed by atoms with Crippen LogP contribution in [0.5, 0.6) is 0 Å². The quantitative estimate of drug-likeness (QED) is 0.256. The Kier molecular flexibility index (Phi) is 6.93. The summed E-state index contributed by atoms with van der Waals surface area (Å²) < 4.78 is 61.5. The molecule has 6 rings (SSSR count). The van der Waals surface area contributed by atoms with E-state index in [0.717, 1.165) is 37.7 Å². The highest BCUT2D eigenvalue weighted by molar-refractivity contribution is 5.91. The van der Waals surface area contributed by atoms with Crippen LogP contribution < -0.4 is 16.0 Å². The second-order valence-corrected chi connectivity index (χ2v) is 10.3. The molecule has 1 aromatic carbocycles. The summed E-state index contributed by atoms with van der Waals surface area (Å²) in [5, 5.41) is 16.8. The van der Waals surface area contributed by atoms with Gasteiger partial charge >= 0.3 is 6.18 Å². The van der Waals surface area contributed by atoms with Gasteiger partial charge in [0.1, 0.15) is 11.2 Å². The maximum absolute atomic E-state index is 14.9. The first-order chi connectivity index (χ1) is 19.7. The highest BCUT2D eigenvalue weighted by Crippen LogP contribution is 2.59. The van der Waals surface area contributed by atoms with Gasteiger partial charge in [0.15, 0.2) is 11.6 Å². The van der Waals surface area contributed by atoms with Crippen LogP contribution in [0.15, 0.2) is 53.6 Å². The van der Waals surface area contributed by atoms with Crippen LogP contribution >= 0.6 is 0 Å². The third-order valence-electron chi connectivity index (χ3n) is 7.47. The van der Waals surface area contributed by atoms with E-state index in [4.69, 9.17) is 4.52 Å². The van der Waals surface area contributed by atoms with E-state index < -0.39 is 23.3 Å². The molecule has 3 aromatic heterocycles. The lowest BCUT2D eigenvalue weighted by Crippen LogP contribution is -2.29. The third-order valence-corrected chi connectivity index (χ3v) is 7.47. The molecule has 1 saturated carbocycles. The second kappa shape index (κ2) is 10.6. The first kappa shape index (κ1) is 26.9. The monoisotopic (exact) mass is 570 g/mol. The average molecular weight is 571 g/mol. The first-order valence-electron chi connectivity index (χ1n) is 13.2. The highest BCUT2D eigenvalue weighted by atomic mass is 19.4. The molecule has 3 N–H and O–H groups in total. The van der Waals surface area contributed by atoms with E-state index in [0.29, 0.717) is 23.1 Å². The van der Waals surface area contributed by atoms with Gasteiger partial charge in [-0.1, -0.05) is 17.3 Å². The predicted octanol–water partition coefficient (Wildman–Crippen LogP) is 4.91. The number of nitrogens with zero attached hydrogens (tertiary/aromatic N) is 5. The number of alkyl halides is 3. The van der Waals surface area contributed by atoms with Crippen molar-refractivity contribution >= 4 is 23.4 Å². The zero-order valence-corrected chi connectivity index (χ0v) is 21.7. The van der Waals surface area contributed by atoms with Gasteiger partial charge in [-0.05, 0) is 56.0 Å². The fourth-order valence-electron chi connectivity index (χ4n) is 4.93. The fourth-order valence-corrected chi connectivity index (χ4v) is 4.93. The first-order valence-corrected chi connectivity index (χ1v) is 13.2. The van der Waals surface area contributed by atoms with Crippen LogP contribution in [-0.2, 0) is 16.6 Å². The summed E-state index contributed by atoms with van der Waals surface area (Å²) in [4.78, 5) is 21.1. The molecule has 10 nitrogen and oxygen atoms in total. The van der Waals surface area contributed by atoms with Crippen molar-refractivity contribution in [1.29, 1.82) is 0 Å². The van der Waals surface area contributed by atoms with Crippen molar-refractivity contribution in [1.82, 2.24) is 30.2 Å². The maximum Gasteiger partial charge on any atom is 0.401 e. The molecule has 14 heteroatoms. The number of carbonyl (C=O) groups is 1. The van der Waals surface area contributed by atoms with E-state index in [1.165, 1.54) is 12.1 Å². The molecule has 0 unspecified atom stereocenters. The van der Waals surface area contributed by atoms with Crippen LogP contribution in [0.3, 0.4) is 0 Å². The van der Waals surface area contributed by atoms with Crippen LogP contribution in [-0.4, -0.2) is 50.1 Å². The number of hydrogen-bond donors (Lipinski definition) is 3. The Morgan fingerprint density at radius 1 is 1.10 bits per heavy atom. The van der Waals surface area contributed by atoms with Gasteiger partial charge in [0.05, 0.1) is 24.3 Å². The van der Waals surface area contributed by atoms with E-state index in [9.17, 15) is 22.4 Å². The molecule has 4 heterocycles. The van der Waals surface area contributed by atoms with Crippen molar-refractivity contribution in [3.8, 4) is 11.1 Å². The number of hydrogen-bond acceptors (Lipinski definition) is 8. The van der Waals surface area contributed by atoms with E-state index >= 15 is 0 Å². The molecule has 2 aliphatic rings. The molecule has 0 atom stereocenters. The van der Waals surface area contributed by atoms with Crippen molar-refractivity contribution in [3.63, 3.8) is 0 Å². The Labute approximate surface area is 231 Å². The molecule has 1 saturated heterocycles. The van der Waals surface area contributed by atoms with Gasteiger partial charge in [0.2, 0.25) is 11.9 Å². The third kappa shape index (κ3) is 5.64. The van der Waals surface area contributed by atoms with Gasteiger partial charge in [-0.3, -0.25) is 9.48 Å². The summed E-state index contributed by atoms with van der Waals surface area (Å²) in [5.41, 5.74) is -0.0867. The minimum absolute atomic E-state index is 0.0921. The summed E-state index contributed by atoms with van der Waals surface area (Å²) in [6, 6.07) is 5.78. The lowest BCUT2D eigenvalue weighted by molar-refractivity contribution is -0.165. The summed E-state index contributed by atoms with van der Waals surface area (Å²) in [5.74, 6) is -1.39. The van der Waals surface area contributed by atoms with Crippen LogP contribution in [0.4, 0.5) is 35.0 Å². The van der Waals surface area contributed by atoms with Gasteiger partial charge in [-0.25, -0.2) is 14.4 Å². The Bertz CT molecular complexity index is 1540. The Hall–Kier alpha value is -4.33. The molecule has 1 amide bonds. The van der Waals surface area contributed by atoms with Gasteiger partial charge in [-0.15, -0.1) is 0 Å². The zero-order chi connectivity index (χ0) is 28.6. The van der Waals surface area contributed by atoms with Crippen LogP contribution in [0.25, 0.3) is 11.1 Å². The van der Waals surface area contributed by atoms with Gasteiger partial charge < -0.3 is 20.5 Å². The lowest BCUT2D eigenvalue weighted by atomic mass is 10.0. The van der Waals surface area contributed by atoms with Gasteiger partial charge in [0, 0.05) is 30.2 Å². The molecule has 1 aliphatic heterocycles. The standard InChI is InChI=1S/C27H26F4N8O2/c28-21-9-16(18-12-33-25(34-13-18)36-19-14-35-39(15-19)20-3-7-32-8-4-20)1-2-17(21)10-24(40)37-23-11-22(41-38-23)26(5-6-26)27(29,30)31/h1-2,9,11-15,20,32H,3-8,10H2,(H,33,34,36)(H,37,38,40). The molecule has 0 bridgehead atoms. The number of halogens is 4. The maximum atomic E-state index is 14.9. The number of carbonyl (C=O) groups excluding carboxylic acids is 1.